The molecule has 166 valence electrons. The van der Waals surface area contributed by atoms with Crippen LogP contribution < -0.4 is 20.5 Å². The topological polar surface area (TPSA) is 68.9 Å². The number of halogens is 6. The quantitative estimate of drug-likeness (QED) is 0.662. The van der Waals surface area contributed by atoms with E-state index in [0.717, 1.165) is 6.07 Å². The second-order valence-corrected chi connectivity index (χ2v) is 6.50. The number of hydrogen-bond donors (Lipinski definition) is 2. The van der Waals surface area contributed by atoms with Crippen molar-refractivity contribution in [2.24, 2.45) is 10.7 Å². The van der Waals surface area contributed by atoms with Crippen LogP contribution >= 0.6 is 0 Å². The molecule has 2 aromatic rings. The lowest BCUT2D eigenvalue weighted by molar-refractivity contribution is -0.143. The number of nitrogens with zero attached hydrogens (tertiary/aromatic N) is 1. The molecule has 1 aliphatic heterocycles. The number of rotatable bonds is 5. The zero-order chi connectivity index (χ0) is 22.8. The number of benzene rings is 2. The highest BCUT2D eigenvalue weighted by Crippen LogP contribution is 2.38. The molecule has 0 spiro atoms. The van der Waals surface area contributed by atoms with Gasteiger partial charge in [-0.25, -0.2) is 4.99 Å². The Balaban J connectivity index is 1.84. The summed E-state index contributed by atoms with van der Waals surface area (Å²) in [5.41, 5.74) is 3.76. The molecule has 3 rings (SSSR count). The molecule has 0 aromatic heterocycles. The van der Waals surface area contributed by atoms with Crippen LogP contribution in [0.4, 0.5) is 26.3 Å². The summed E-state index contributed by atoms with van der Waals surface area (Å²) in [5.74, 6) is 0.684. The summed E-state index contributed by atoms with van der Waals surface area (Å²) < 4.78 is 88.9. The van der Waals surface area contributed by atoms with Crippen LogP contribution in [-0.2, 0) is 19.0 Å². The summed E-state index contributed by atoms with van der Waals surface area (Å²) in [4.78, 5) is 3.98. The van der Waals surface area contributed by atoms with Gasteiger partial charge in [-0.3, -0.25) is 0 Å². The Morgan fingerprint density at radius 3 is 2.35 bits per heavy atom. The minimum absolute atomic E-state index is 0.0752. The first-order valence-electron chi connectivity index (χ1n) is 8.83. The molecule has 0 saturated carbocycles. The normalized spacial score (nSPS) is 15.6. The summed E-state index contributed by atoms with van der Waals surface area (Å²) in [6.45, 7) is -0.254. The van der Waals surface area contributed by atoms with Crippen LogP contribution in [0.3, 0.4) is 0 Å². The lowest BCUT2D eigenvalue weighted by Gasteiger charge is -2.17. The van der Waals surface area contributed by atoms with Crippen molar-refractivity contribution in [3.05, 3.63) is 64.3 Å². The van der Waals surface area contributed by atoms with Crippen LogP contribution in [0.1, 0.15) is 22.3 Å². The minimum atomic E-state index is -4.98. The van der Waals surface area contributed by atoms with Crippen molar-refractivity contribution >= 4 is 11.9 Å². The number of ether oxygens (including phenoxy) is 2. The number of amidine groups is 1. The molecule has 0 unspecified atom stereocenters. The summed E-state index contributed by atoms with van der Waals surface area (Å²) in [5, 5.41) is 2.96. The molecule has 5 nitrogen and oxygen atoms in total. The highest BCUT2D eigenvalue weighted by molar-refractivity contribution is 6.01. The SMILES string of the molecule is COc1cc(/C=C2\NCN=C2N)ccc1OCc1ccc(C(F)(F)F)cc1C(F)(F)F. The van der Waals surface area contributed by atoms with Gasteiger partial charge in [-0.15, -0.1) is 0 Å². The lowest BCUT2D eigenvalue weighted by atomic mass is 10.0. The first-order chi connectivity index (χ1) is 14.5. The van der Waals surface area contributed by atoms with Crippen molar-refractivity contribution in [1.29, 1.82) is 0 Å². The van der Waals surface area contributed by atoms with Crippen LogP contribution in [0.25, 0.3) is 6.08 Å². The highest BCUT2D eigenvalue weighted by Gasteiger charge is 2.38. The van der Waals surface area contributed by atoms with Gasteiger partial charge >= 0.3 is 12.4 Å². The predicted octanol–water partition coefficient (Wildman–Crippen LogP) is 4.57. The number of nitrogens with two attached hydrogens (primary N) is 1. The van der Waals surface area contributed by atoms with Crippen molar-refractivity contribution in [2.75, 3.05) is 13.8 Å². The molecule has 2 aromatic carbocycles. The lowest BCUT2D eigenvalue weighted by Crippen LogP contribution is -2.17. The van der Waals surface area contributed by atoms with E-state index in [1.165, 1.54) is 13.2 Å². The molecule has 0 saturated heterocycles. The van der Waals surface area contributed by atoms with E-state index in [0.29, 0.717) is 29.8 Å². The zero-order valence-corrected chi connectivity index (χ0v) is 16.1. The van der Waals surface area contributed by atoms with Gasteiger partial charge in [0.2, 0.25) is 0 Å². The van der Waals surface area contributed by atoms with Crippen LogP contribution in [-0.4, -0.2) is 19.6 Å². The first kappa shape index (κ1) is 22.3. The number of aliphatic imine (C=N–C) groups is 1. The van der Waals surface area contributed by atoms with Gasteiger partial charge in [0.1, 0.15) is 19.1 Å². The summed E-state index contributed by atoms with van der Waals surface area (Å²) in [6, 6.07) is 6.09. The Labute approximate surface area is 173 Å². The van der Waals surface area contributed by atoms with Gasteiger partial charge in [-0.05, 0) is 35.9 Å². The fraction of sp³-hybridized carbons (Fsp3) is 0.250. The smallest absolute Gasteiger partial charge is 0.416 e. The van der Waals surface area contributed by atoms with Crippen LogP contribution in [0.15, 0.2) is 47.1 Å². The van der Waals surface area contributed by atoms with Gasteiger partial charge in [0.15, 0.2) is 11.5 Å². The fourth-order valence-electron chi connectivity index (χ4n) is 2.87. The average Bonchev–Trinajstić information content (AvgIpc) is 3.09. The molecule has 3 N–H and O–H groups in total. The summed E-state index contributed by atoms with van der Waals surface area (Å²) in [6.07, 6.45) is -8.17. The van der Waals surface area contributed by atoms with Gasteiger partial charge < -0.3 is 20.5 Å². The van der Waals surface area contributed by atoms with Crippen LogP contribution in [0.2, 0.25) is 0 Å². The monoisotopic (exact) mass is 445 g/mol. The molecule has 0 aliphatic carbocycles. The predicted molar refractivity (Wildman–Crippen MR) is 101 cm³/mol. The molecule has 0 bridgehead atoms. The molecule has 31 heavy (non-hydrogen) atoms. The fourth-order valence-corrected chi connectivity index (χ4v) is 2.87. The molecular weight excluding hydrogens is 428 g/mol. The Morgan fingerprint density at radius 1 is 1.03 bits per heavy atom. The van der Waals surface area contributed by atoms with Gasteiger partial charge in [0.05, 0.1) is 23.9 Å². The number of nitrogens with one attached hydrogen (secondary N) is 1. The summed E-state index contributed by atoms with van der Waals surface area (Å²) >= 11 is 0. The second-order valence-electron chi connectivity index (χ2n) is 6.50. The standard InChI is InChI=1S/C20H17F6N3O2/c1-30-17-7-11(6-15-18(27)29-10-28-15)2-5-16(17)31-9-12-3-4-13(19(21,22)23)8-14(12)20(24,25)26/h2-8,28H,9-10H2,1H3,(H2,27,29)/b15-6-. The molecular formula is C20H17F6N3O2. The maximum Gasteiger partial charge on any atom is 0.416 e. The largest absolute Gasteiger partial charge is 0.493 e. The third-order valence-corrected chi connectivity index (χ3v) is 4.42. The molecule has 1 heterocycles. The third kappa shape index (κ3) is 5.22. The molecule has 11 heteroatoms. The molecule has 0 radical (unpaired) electrons. The van der Waals surface area contributed by atoms with Crippen molar-refractivity contribution in [3.63, 3.8) is 0 Å². The molecule has 0 fully saturated rings. The maximum absolute atomic E-state index is 13.3. The number of methoxy groups -OCH3 is 1. The zero-order valence-electron chi connectivity index (χ0n) is 16.1. The third-order valence-electron chi connectivity index (χ3n) is 4.42. The van der Waals surface area contributed by atoms with Gasteiger partial charge in [-0.2, -0.15) is 26.3 Å². The minimum Gasteiger partial charge on any atom is -0.493 e. The number of hydrogen-bond acceptors (Lipinski definition) is 5. The van der Waals surface area contributed by atoms with Crippen molar-refractivity contribution in [3.8, 4) is 11.5 Å². The summed E-state index contributed by atoms with van der Waals surface area (Å²) in [7, 11) is 1.35. The van der Waals surface area contributed by atoms with Crippen LogP contribution in [0.5, 0.6) is 11.5 Å². The maximum atomic E-state index is 13.3. The van der Waals surface area contributed by atoms with Gasteiger partial charge in [-0.1, -0.05) is 12.1 Å². The number of alkyl halides is 6. The van der Waals surface area contributed by atoms with E-state index in [-0.39, 0.29) is 17.6 Å². The van der Waals surface area contributed by atoms with Crippen molar-refractivity contribution in [1.82, 2.24) is 5.32 Å². The molecule has 1 aliphatic rings. The Bertz CT molecular complexity index is 1030. The van der Waals surface area contributed by atoms with E-state index >= 15 is 0 Å². The van der Waals surface area contributed by atoms with Crippen molar-refractivity contribution < 1.29 is 35.8 Å². The Morgan fingerprint density at radius 2 is 1.77 bits per heavy atom. The van der Waals surface area contributed by atoms with E-state index in [1.54, 1.807) is 18.2 Å². The van der Waals surface area contributed by atoms with Gasteiger partial charge in [0, 0.05) is 5.56 Å². The second kappa shape index (κ2) is 8.40. The Hall–Kier alpha value is -3.37. The van der Waals surface area contributed by atoms with Crippen molar-refractivity contribution in [2.45, 2.75) is 19.0 Å². The Kier molecular flexibility index (Phi) is 6.05. The molecule has 0 amide bonds. The van der Waals surface area contributed by atoms with Crippen LogP contribution in [0, 0.1) is 0 Å². The van der Waals surface area contributed by atoms with Gasteiger partial charge in [0.25, 0.3) is 0 Å². The molecule has 0 atom stereocenters. The average molecular weight is 445 g/mol. The van der Waals surface area contributed by atoms with E-state index in [9.17, 15) is 26.3 Å². The van der Waals surface area contributed by atoms with E-state index < -0.39 is 35.6 Å². The van der Waals surface area contributed by atoms with E-state index in [4.69, 9.17) is 15.2 Å². The van der Waals surface area contributed by atoms with E-state index in [1.807, 2.05) is 0 Å². The first-order valence-corrected chi connectivity index (χ1v) is 8.83. The van der Waals surface area contributed by atoms with E-state index in [2.05, 4.69) is 10.3 Å². The highest BCUT2D eigenvalue weighted by atomic mass is 19.4.